The Morgan fingerprint density at radius 2 is 2.05 bits per heavy atom. The van der Waals surface area contributed by atoms with Crippen LogP contribution in [0.2, 0.25) is 0 Å². The Balaban J connectivity index is 2.31. The Morgan fingerprint density at radius 3 is 2.74 bits per heavy atom. The number of benzene rings is 1. The van der Waals surface area contributed by atoms with E-state index < -0.39 is 0 Å². The standard InChI is InChI=1S/C15H16N2OS/c1-10(2)11-5-3-6-12(9-11)18-15-13(14(16)19)7-4-8-17-15/h3-10H,1-2H3,(H2,16,19). The second-order valence-corrected chi connectivity index (χ2v) is 4.99. The fourth-order valence-corrected chi connectivity index (χ4v) is 1.86. The molecule has 1 aromatic heterocycles. The molecule has 0 aliphatic carbocycles. The van der Waals surface area contributed by atoms with Gasteiger partial charge in [-0.05, 0) is 35.7 Å². The number of aromatic nitrogens is 1. The first-order valence-electron chi connectivity index (χ1n) is 6.10. The van der Waals surface area contributed by atoms with Crippen molar-refractivity contribution < 1.29 is 4.74 Å². The number of rotatable bonds is 4. The quantitative estimate of drug-likeness (QED) is 0.863. The Bertz CT molecular complexity index is 596. The van der Waals surface area contributed by atoms with Gasteiger partial charge in [-0.15, -0.1) is 0 Å². The molecular weight excluding hydrogens is 256 g/mol. The molecule has 1 aromatic carbocycles. The van der Waals surface area contributed by atoms with Gasteiger partial charge >= 0.3 is 0 Å². The van der Waals surface area contributed by atoms with Gasteiger partial charge in [0.15, 0.2) is 0 Å². The Morgan fingerprint density at radius 1 is 1.26 bits per heavy atom. The van der Waals surface area contributed by atoms with Crippen LogP contribution in [-0.4, -0.2) is 9.97 Å². The zero-order chi connectivity index (χ0) is 13.8. The topological polar surface area (TPSA) is 48.1 Å². The smallest absolute Gasteiger partial charge is 0.229 e. The maximum atomic E-state index is 5.78. The van der Waals surface area contributed by atoms with Crippen LogP contribution in [0.15, 0.2) is 42.6 Å². The van der Waals surface area contributed by atoms with E-state index in [1.165, 1.54) is 5.56 Å². The normalized spacial score (nSPS) is 10.5. The molecule has 1 heterocycles. The Labute approximate surface area is 118 Å². The first kappa shape index (κ1) is 13.5. The molecule has 0 radical (unpaired) electrons. The highest BCUT2D eigenvalue weighted by molar-refractivity contribution is 7.80. The summed E-state index contributed by atoms with van der Waals surface area (Å²) >= 11 is 4.99. The number of nitrogens with two attached hydrogens (primary N) is 1. The number of hydrogen-bond acceptors (Lipinski definition) is 3. The van der Waals surface area contributed by atoms with Crippen molar-refractivity contribution in [2.24, 2.45) is 5.73 Å². The van der Waals surface area contributed by atoms with Crippen LogP contribution in [0, 0.1) is 0 Å². The van der Waals surface area contributed by atoms with Crippen molar-refractivity contribution in [1.29, 1.82) is 0 Å². The van der Waals surface area contributed by atoms with E-state index in [-0.39, 0.29) is 4.99 Å². The van der Waals surface area contributed by atoms with E-state index in [0.29, 0.717) is 17.4 Å². The summed E-state index contributed by atoms with van der Waals surface area (Å²) in [5, 5.41) is 0. The van der Waals surface area contributed by atoms with Crippen LogP contribution in [0.3, 0.4) is 0 Å². The molecule has 98 valence electrons. The van der Waals surface area contributed by atoms with Crippen molar-refractivity contribution >= 4 is 17.2 Å². The van der Waals surface area contributed by atoms with Gasteiger partial charge in [0, 0.05) is 6.20 Å². The number of pyridine rings is 1. The second kappa shape index (κ2) is 5.80. The average molecular weight is 272 g/mol. The minimum atomic E-state index is 0.281. The summed E-state index contributed by atoms with van der Waals surface area (Å²) < 4.78 is 5.78. The molecule has 0 amide bonds. The van der Waals surface area contributed by atoms with E-state index in [0.717, 1.165) is 5.75 Å². The van der Waals surface area contributed by atoms with Gasteiger partial charge in [-0.25, -0.2) is 4.98 Å². The van der Waals surface area contributed by atoms with Gasteiger partial charge < -0.3 is 10.5 Å². The third-order valence-electron chi connectivity index (χ3n) is 2.78. The van der Waals surface area contributed by atoms with Crippen molar-refractivity contribution in [3.8, 4) is 11.6 Å². The maximum absolute atomic E-state index is 5.78. The van der Waals surface area contributed by atoms with Crippen LogP contribution in [-0.2, 0) is 0 Å². The highest BCUT2D eigenvalue weighted by Gasteiger charge is 2.09. The summed E-state index contributed by atoms with van der Waals surface area (Å²) in [5.41, 5.74) is 7.52. The third-order valence-corrected chi connectivity index (χ3v) is 3.00. The largest absolute Gasteiger partial charge is 0.438 e. The lowest BCUT2D eigenvalue weighted by atomic mass is 10.0. The second-order valence-electron chi connectivity index (χ2n) is 4.55. The summed E-state index contributed by atoms with van der Waals surface area (Å²) in [5.74, 6) is 1.63. The molecule has 0 spiro atoms. The zero-order valence-corrected chi connectivity index (χ0v) is 11.8. The molecule has 2 aromatic rings. The molecule has 0 bridgehead atoms. The summed E-state index contributed by atoms with van der Waals surface area (Å²) in [6.07, 6.45) is 1.66. The van der Waals surface area contributed by atoms with E-state index in [4.69, 9.17) is 22.7 Å². The fourth-order valence-electron chi connectivity index (χ4n) is 1.71. The maximum Gasteiger partial charge on any atom is 0.229 e. The van der Waals surface area contributed by atoms with Gasteiger partial charge in [0.1, 0.15) is 10.7 Å². The molecule has 2 rings (SSSR count). The molecule has 19 heavy (non-hydrogen) atoms. The van der Waals surface area contributed by atoms with Crippen molar-refractivity contribution in [2.75, 3.05) is 0 Å². The number of ether oxygens (including phenoxy) is 1. The van der Waals surface area contributed by atoms with Gasteiger partial charge in [-0.1, -0.05) is 38.2 Å². The Kier molecular flexibility index (Phi) is 4.12. The van der Waals surface area contributed by atoms with Crippen LogP contribution in [0.1, 0.15) is 30.9 Å². The third kappa shape index (κ3) is 3.29. The first-order chi connectivity index (χ1) is 9.08. The number of hydrogen-bond donors (Lipinski definition) is 1. The van der Waals surface area contributed by atoms with Gasteiger partial charge in [-0.3, -0.25) is 0 Å². The number of nitrogens with zero attached hydrogens (tertiary/aromatic N) is 1. The first-order valence-corrected chi connectivity index (χ1v) is 6.51. The SMILES string of the molecule is CC(C)c1cccc(Oc2ncccc2C(N)=S)c1. The predicted octanol–water partition coefficient (Wildman–Crippen LogP) is 3.63. The van der Waals surface area contributed by atoms with E-state index >= 15 is 0 Å². The van der Waals surface area contributed by atoms with Gasteiger partial charge in [0.25, 0.3) is 0 Å². The summed E-state index contributed by atoms with van der Waals surface area (Å²) in [7, 11) is 0. The van der Waals surface area contributed by atoms with Gasteiger partial charge in [0.2, 0.25) is 5.88 Å². The molecule has 3 nitrogen and oxygen atoms in total. The highest BCUT2D eigenvalue weighted by Crippen LogP contribution is 2.26. The molecule has 0 fully saturated rings. The predicted molar refractivity (Wildman–Crippen MR) is 80.7 cm³/mol. The van der Waals surface area contributed by atoms with Crippen LogP contribution in [0.25, 0.3) is 0 Å². The molecule has 0 unspecified atom stereocenters. The van der Waals surface area contributed by atoms with E-state index in [1.54, 1.807) is 18.3 Å². The van der Waals surface area contributed by atoms with Crippen LogP contribution >= 0.6 is 12.2 Å². The number of thiocarbonyl (C=S) groups is 1. The average Bonchev–Trinajstić information content (AvgIpc) is 2.39. The van der Waals surface area contributed by atoms with Crippen molar-refractivity contribution in [3.63, 3.8) is 0 Å². The fraction of sp³-hybridized carbons (Fsp3) is 0.200. The van der Waals surface area contributed by atoms with Crippen LogP contribution in [0.4, 0.5) is 0 Å². The lowest BCUT2D eigenvalue weighted by molar-refractivity contribution is 0.461. The molecule has 0 aliphatic rings. The molecular formula is C15H16N2OS. The van der Waals surface area contributed by atoms with Gasteiger partial charge in [0.05, 0.1) is 5.56 Å². The molecule has 0 saturated heterocycles. The molecule has 0 atom stereocenters. The summed E-state index contributed by atoms with van der Waals surface area (Å²) in [6.45, 7) is 4.28. The van der Waals surface area contributed by atoms with Crippen molar-refractivity contribution in [1.82, 2.24) is 4.98 Å². The molecule has 4 heteroatoms. The Hall–Kier alpha value is -1.94. The molecule has 0 aliphatic heterocycles. The highest BCUT2D eigenvalue weighted by atomic mass is 32.1. The van der Waals surface area contributed by atoms with E-state index in [2.05, 4.69) is 24.9 Å². The van der Waals surface area contributed by atoms with E-state index in [9.17, 15) is 0 Å². The zero-order valence-electron chi connectivity index (χ0n) is 11.0. The van der Waals surface area contributed by atoms with Crippen LogP contribution < -0.4 is 10.5 Å². The minimum Gasteiger partial charge on any atom is -0.438 e. The summed E-state index contributed by atoms with van der Waals surface area (Å²) in [4.78, 5) is 4.46. The lowest BCUT2D eigenvalue weighted by Crippen LogP contribution is -2.11. The molecule has 2 N–H and O–H groups in total. The minimum absolute atomic E-state index is 0.281. The van der Waals surface area contributed by atoms with E-state index in [1.807, 2.05) is 18.2 Å². The molecule has 0 saturated carbocycles. The van der Waals surface area contributed by atoms with Crippen molar-refractivity contribution in [3.05, 3.63) is 53.7 Å². The van der Waals surface area contributed by atoms with Crippen LogP contribution in [0.5, 0.6) is 11.6 Å². The van der Waals surface area contributed by atoms with Crippen molar-refractivity contribution in [2.45, 2.75) is 19.8 Å². The monoisotopic (exact) mass is 272 g/mol. The summed E-state index contributed by atoms with van der Waals surface area (Å²) in [6, 6.07) is 11.5. The van der Waals surface area contributed by atoms with Gasteiger partial charge in [-0.2, -0.15) is 0 Å². The lowest BCUT2D eigenvalue weighted by Gasteiger charge is -2.11.